The lowest BCUT2D eigenvalue weighted by Crippen LogP contribution is -2.21. The highest BCUT2D eigenvalue weighted by atomic mass is 19.1. The van der Waals surface area contributed by atoms with Gasteiger partial charge in [-0.3, -0.25) is 4.79 Å². The lowest BCUT2D eigenvalue weighted by atomic mass is 10.2. The molecule has 3 aromatic rings. The molecule has 0 bridgehead atoms. The molecule has 0 aliphatic heterocycles. The van der Waals surface area contributed by atoms with Gasteiger partial charge in [0.05, 0.1) is 19.2 Å². The van der Waals surface area contributed by atoms with Crippen molar-refractivity contribution in [1.82, 2.24) is 9.55 Å². The highest BCUT2D eigenvalue weighted by Crippen LogP contribution is 2.24. The first-order valence-corrected chi connectivity index (χ1v) is 8.38. The first-order valence-electron chi connectivity index (χ1n) is 8.38. The van der Waals surface area contributed by atoms with E-state index in [9.17, 15) is 13.6 Å². The highest BCUT2D eigenvalue weighted by Gasteiger charge is 2.11. The zero-order valence-electron chi connectivity index (χ0n) is 15.3. The van der Waals surface area contributed by atoms with E-state index >= 15 is 0 Å². The van der Waals surface area contributed by atoms with Crippen LogP contribution in [-0.4, -0.2) is 22.9 Å². The molecule has 3 rings (SSSR count). The molecule has 144 valence electrons. The van der Waals surface area contributed by atoms with Crippen molar-refractivity contribution in [1.29, 1.82) is 5.41 Å². The van der Waals surface area contributed by atoms with Crippen molar-refractivity contribution in [3.05, 3.63) is 81.3 Å². The van der Waals surface area contributed by atoms with E-state index in [4.69, 9.17) is 10.1 Å². The van der Waals surface area contributed by atoms with Crippen LogP contribution in [0, 0.1) is 24.0 Å². The molecule has 8 heteroatoms. The number of aromatic nitrogens is 2. The number of hydrogen-bond acceptors (Lipinski definition) is 5. The lowest BCUT2D eigenvalue weighted by molar-refractivity contribution is 0.415. The molecule has 0 saturated carbocycles. The zero-order chi connectivity index (χ0) is 20.3. The molecule has 0 aliphatic rings. The normalized spacial score (nSPS) is 10.6. The fraction of sp³-hybridized carbons (Fsp3) is 0.150. The van der Waals surface area contributed by atoms with Gasteiger partial charge in [0.15, 0.2) is 0 Å². The molecule has 28 heavy (non-hydrogen) atoms. The number of methoxy groups -OCH3 is 1. The second-order valence-electron chi connectivity index (χ2n) is 6.18. The maximum absolute atomic E-state index is 13.5. The van der Waals surface area contributed by atoms with E-state index in [-0.39, 0.29) is 18.1 Å². The van der Waals surface area contributed by atoms with Gasteiger partial charge in [-0.15, -0.1) is 0 Å². The molecule has 0 unspecified atom stereocenters. The summed E-state index contributed by atoms with van der Waals surface area (Å²) in [5, 5.41) is 10.4. The average molecular weight is 384 g/mol. The lowest BCUT2D eigenvalue weighted by Gasteiger charge is -2.16. The summed E-state index contributed by atoms with van der Waals surface area (Å²) in [6, 6.07) is 8.58. The predicted molar refractivity (Wildman–Crippen MR) is 103 cm³/mol. The molecule has 0 aliphatic carbocycles. The minimum Gasteiger partial charge on any atom is -0.497 e. The third-order valence-corrected chi connectivity index (χ3v) is 4.14. The largest absolute Gasteiger partial charge is 0.497 e. The molecule has 6 nitrogen and oxygen atoms in total. The Morgan fingerprint density at radius 3 is 2.57 bits per heavy atom. The summed E-state index contributed by atoms with van der Waals surface area (Å²) in [6.45, 7) is 1.92. The van der Waals surface area contributed by atoms with E-state index in [1.807, 2.05) is 13.0 Å². The van der Waals surface area contributed by atoms with Gasteiger partial charge in [-0.2, -0.15) is 4.98 Å². The summed E-state index contributed by atoms with van der Waals surface area (Å²) in [5.41, 5.74) is 1.37. The number of nitrogens with one attached hydrogen (secondary N) is 2. The molecule has 0 spiro atoms. The van der Waals surface area contributed by atoms with Crippen molar-refractivity contribution in [2.24, 2.45) is 0 Å². The number of ether oxygens (including phenoxy) is 1. The molecule has 0 amide bonds. The SMILES string of the molecule is COc1ccc(C)c(Nc2nc(=O)c(C=N)cn2Cc2cc(F)cc(F)c2)c1. The molecular weight excluding hydrogens is 366 g/mol. The summed E-state index contributed by atoms with van der Waals surface area (Å²) in [6.07, 6.45) is 2.31. The van der Waals surface area contributed by atoms with Crippen molar-refractivity contribution in [2.45, 2.75) is 13.5 Å². The van der Waals surface area contributed by atoms with Crippen molar-refractivity contribution < 1.29 is 13.5 Å². The van der Waals surface area contributed by atoms with Crippen LogP contribution in [0.5, 0.6) is 5.75 Å². The van der Waals surface area contributed by atoms with Gasteiger partial charge >= 0.3 is 0 Å². The number of rotatable bonds is 6. The predicted octanol–water partition coefficient (Wildman–Crippen LogP) is 3.63. The van der Waals surface area contributed by atoms with Gasteiger partial charge in [-0.05, 0) is 36.2 Å². The molecule has 0 fully saturated rings. The van der Waals surface area contributed by atoms with Crippen LogP contribution in [0.25, 0.3) is 0 Å². The molecule has 0 saturated heterocycles. The second-order valence-corrected chi connectivity index (χ2v) is 6.18. The van der Waals surface area contributed by atoms with Crippen LogP contribution in [0.4, 0.5) is 20.4 Å². The van der Waals surface area contributed by atoms with Crippen molar-refractivity contribution in [3.63, 3.8) is 0 Å². The Bertz CT molecular complexity index is 1080. The summed E-state index contributed by atoms with van der Waals surface area (Å²) < 4.78 is 33.8. The first-order chi connectivity index (χ1) is 13.4. The Labute approximate surface area is 159 Å². The fourth-order valence-electron chi connectivity index (χ4n) is 2.71. The van der Waals surface area contributed by atoms with Crippen molar-refractivity contribution in [3.8, 4) is 5.75 Å². The summed E-state index contributed by atoms with van der Waals surface area (Å²) >= 11 is 0. The Hall–Kier alpha value is -3.55. The Balaban J connectivity index is 2.06. The minimum atomic E-state index is -0.700. The summed E-state index contributed by atoms with van der Waals surface area (Å²) in [5.74, 6) is -0.606. The Morgan fingerprint density at radius 2 is 1.93 bits per heavy atom. The van der Waals surface area contributed by atoms with Crippen molar-refractivity contribution >= 4 is 17.9 Å². The van der Waals surface area contributed by atoms with Crippen LogP contribution in [0.1, 0.15) is 16.7 Å². The average Bonchev–Trinajstić information content (AvgIpc) is 2.64. The molecule has 0 atom stereocenters. The summed E-state index contributed by atoms with van der Waals surface area (Å²) in [4.78, 5) is 16.1. The summed E-state index contributed by atoms with van der Waals surface area (Å²) in [7, 11) is 1.54. The van der Waals surface area contributed by atoms with Crippen LogP contribution in [0.2, 0.25) is 0 Å². The fourth-order valence-corrected chi connectivity index (χ4v) is 2.71. The molecule has 1 aromatic heterocycles. The number of anilines is 2. The smallest absolute Gasteiger partial charge is 0.283 e. The topological polar surface area (TPSA) is 80.0 Å². The van der Waals surface area contributed by atoms with Gasteiger partial charge in [0.25, 0.3) is 5.56 Å². The Morgan fingerprint density at radius 1 is 1.21 bits per heavy atom. The van der Waals surface area contributed by atoms with E-state index in [0.29, 0.717) is 17.0 Å². The number of benzene rings is 2. The standard InChI is InChI=1S/C20H18F2N4O2/c1-12-3-4-17(28-2)8-18(12)24-20-25-19(27)14(9-23)11-26(20)10-13-5-15(21)7-16(22)6-13/h3-9,11,23H,10H2,1-2H3,(H,24,25,27). The first kappa shape index (κ1) is 19.2. The molecule has 0 radical (unpaired) electrons. The molecular formula is C20H18F2N4O2. The third kappa shape index (κ3) is 4.22. The van der Waals surface area contributed by atoms with Crippen LogP contribution >= 0.6 is 0 Å². The molecule has 2 aromatic carbocycles. The maximum Gasteiger partial charge on any atom is 0.283 e. The van der Waals surface area contributed by atoms with Crippen LogP contribution in [0.3, 0.4) is 0 Å². The third-order valence-electron chi connectivity index (χ3n) is 4.14. The van der Waals surface area contributed by atoms with E-state index in [1.165, 1.54) is 22.9 Å². The number of nitrogens with zero attached hydrogens (tertiary/aromatic N) is 2. The van der Waals surface area contributed by atoms with E-state index in [2.05, 4.69) is 10.3 Å². The van der Waals surface area contributed by atoms with Gasteiger partial charge in [-0.25, -0.2) is 8.78 Å². The van der Waals surface area contributed by atoms with E-state index < -0.39 is 17.2 Å². The van der Waals surface area contributed by atoms with Crippen LogP contribution in [0.15, 0.2) is 47.4 Å². The van der Waals surface area contributed by atoms with Gasteiger partial charge in [0, 0.05) is 30.2 Å². The van der Waals surface area contributed by atoms with Crippen molar-refractivity contribution in [2.75, 3.05) is 12.4 Å². The molecule has 1 heterocycles. The van der Waals surface area contributed by atoms with Gasteiger partial charge < -0.3 is 20.0 Å². The van der Waals surface area contributed by atoms with Crippen LogP contribution in [-0.2, 0) is 6.54 Å². The van der Waals surface area contributed by atoms with E-state index in [0.717, 1.165) is 17.8 Å². The highest BCUT2D eigenvalue weighted by molar-refractivity contribution is 5.76. The van der Waals surface area contributed by atoms with Gasteiger partial charge in [0.1, 0.15) is 17.4 Å². The Kier molecular flexibility index (Phi) is 5.49. The van der Waals surface area contributed by atoms with E-state index in [1.54, 1.807) is 19.2 Å². The van der Waals surface area contributed by atoms with Gasteiger partial charge in [0.2, 0.25) is 5.95 Å². The minimum absolute atomic E-state index is 0.0498. The quantitative estimate of drug-likeness (QED) is 0.636. The maximum atomic E-state index is 13.5. The van der Waals surface area contributed by atoms with Crippen LogP contribution < -0.4 is 15.6 Å². The zero-order valence-corrected chi connectivity index (χ0v) is 15.3. The monoisotopic (exact) mass is 384 g/mol. The molecule has 2 N–H and O–H groups in total. The number of hydrogen-bond donors (Lipinski definition) is 2. The number of aryl methyl sites for hydroxylation is 1. The second kappa shape index (κ2) is 7.99. The van der Waals surface area contributed by atoms with Gasteiger partial charge in [-0.1, -0.05) is 6.07 Å². The number of halogens is 2.